The van der Waals surface area contributed by atoms with Gasteiger partial charge in [0.05, 0.1) is 0 Å². The maximum Gasteiger partial charge on any atom is 0.223 e. The zero-order valence-corrected chi connectivity index (χ0v) is 8.88. The van der Waals surface area contributed by atoms with E-state index in [4.69, 9.17) is 0 Å². The van der Waals surface area contributed by atoms with Crippen LogP contribution in [0.1, 0.15) is 32.6 Å². The normalized spacial score (nSPS) is 37.4. The molecule has 0 bridgehead atoms. The lowest BCUT2D eigenvalue weighted by Crippen LogP contribution is -2.49. The summed E-state index contributed by atoms with van der Waals surface area (Å²) in [6.45, 7) is 4.27. The fraction of sp³-hybridized carbons (Fsp3) is 0.909. The van der Waals surface area contributed by atoms with Gasteiger partial charge in [0.1, 0.15) is 0 Å². The first kappa shape index (κ1) is 9.97. The van der Waals surface area contributed by atoms with E-state index in [1.807, 2.05) is 0 Å². The van der Waals surface area contributed by atoms with Crippen LogP contribution in [0, 0.1) is 11.8 Å². The van der Waals surface area contributed by atoms with Gasteiger partial charge in [-0.25, -0.2) is 0 Å². The van der Waals surface area contributed by atoms with Crippen LogP contribution in [-0.2, 0) is 4.79 Å². The molecule has 1 aliphatic carbocycles. The molecule has 1 atom stereocenters. The number of carbonyl (C=O) groups excluding carboxylic acids is 1. The van der Waals surface area contributed by atoms with Gasteiger partial charge in [-0.15, -0.1) is 0 Å². The Kier molecular flexibility index (Phi) is 3.06. The maximum atomic E-state index is 11.7. The molecule has 2 aliphatic rings. The summed E-state index contributed by atoms with van der Waals surface area (Å²) in [5, 5.41) is 6.45. The molecule has 1 aliphatic heterocycles. The van der Waals surface area contributed by atoms with Crippen LogP contribution in [-0.4, -0.2) is 25.0 Å². The minimum atomic E-state index is 0.289. The van der Waals surface area contributed by atoms with Crippen LogP contribution in [0.3, 0.4) is 0 Å². The monoisotopic (exact) mass is 196 g/mol. The van der Waals surface area contributed by atoms with Crippen LogP contribution in [0.5, 0.6) is 0 Å². The Hall–Kier alpha value is -0.570. The number of amides is 1. The van der Waals surface area contributed by atoms with Crippen LogP contribution >= 0.6 is 0 Å². The molecule has 2 N–H and O–H groups in total. The molecule has 80 valence electrons. The van der Waals surface area contributed by atoms with Gasteiger partial charge in [-0.1, -0.05) is 6.92 Å². The Morgan fingerprint density at radius 2 is 2.21 bits per heavy atom. The average molecular weight is 196 g/mol. The highest BCUT2D eigenvalue weighted by Crippen LogP contribution is 2.33. The number of nitrogens with one attached hydrogen (secondary N) is 2. The Bertz CT molecular complexity index is 205. The number of rotatable bonds is 2. The first-order valence-corrected chi connectivity index (χ1v) is 5.77. The standard InChI is InChI=1S/C11H20N2O/c1-8-5-9(6-8)11(14)13-10-3-2-4-12-7-10/h8-10,12H,2-7H2,1H3,(H,13,14)/t8?,9?,10-/m1/s1. The Morgan fingerprint density at radius 3 is 2.79 bits per heavy atom. The van der Waals surface area contributed by atoms with Crippen molar-refractivity contribution in [2.45, 2.75) is 38.6 Å². The fourth-order valence-electron chi connectivity index (χ4n) is 2.41. The van der Waals surface area contributed by atoms with Crippen molar-refractivity contribution in [3.8, 4) is 0 Å². The third-order valence-electron chi connectivity index (χ3n) is 3.39. The van der Waals surface area contributed by atoms with E-state index in [1.165, 1.54) is 6.42 Å². The minimum absolute atomic E-state index is 0.289. The van der Waals surface area contributed by atoms with E-state index in [2.05, 4.69) is 17.6 Å². The summed E-state index contributed by atoms with van der Waals surface area (Å²) in [5.74, 6) is 1.36. The number of hydrogen-bond donors (Lipinski definition) is 2. The second-order valence-electron chi connectivity index (χ2n) is 4.83. The van der Waals surface area contributed by atoms with Gasteiger partial charge in [-0.3, -0.25) is 4.79 Å². The van der Waals surface area contributed by atoms with Crippen LogP contribution in [0.15, 0.2) is 0 Å². The van der Waals surface area contributed by atoms with Crippen LogP contribution in [0.4, 0.5) is 0 Å². The zero-order chi connectivity index (χ0) is 9.97. The van der Waals surface area contributed by atoms with Gasteiger partial charge in [-0.05, 0) is 38.1 Å². The molecule has 0 radical (unpaired) electrons. The summed E-state index contributed by atoms with van der Waals surface area (Å²) in [6, 6.07) is 0.382. The van der Waals surface area contributed by atoms with Crippen LogP contribution < -0.4 is 10.6 Å². The predicted molar refractivity (Wildman–Crippen MR) is 55.9 cm³/mol. The number of carbonyl (C=O) groups is 1. The van der Waals surface area contributed by atoms with E-state index in [1.54, 1.807) is 0 Å². The summed E-state index contributed by atoms with van der Waals surface area (Å²) in [7, 11) is 0. The van der Waals surface area contributed by atoms with E-state index in [0.717, 1.165) is 38.3 Å². The summed E-state index contributed by atoms with van der Waals surface area (Å²) in [4.78, 5) is 11.7. The third-order valence-corrected chi connectivity index (χ3v) is 3.39. The molecule has 14 heavy (non-hydrogen) atoms. The van der Waals surface area contributed by atoms with Gasteiger partial charge in [0.2, 0.25) is 5.91 Å². The third kappa shape index (κ3) is 2.27. The summed E-state index contributed by atoms with van der Waals surface area (Å²) >= 11 is 0. The summed E-state index contributed by atoms with van der Waals surface area (Å²) < 4.78 is 0. The Labute approximate surface area is 85.6 Å². The van der Waals surface area contributed by atoms with Crippen molar-refractivity contribution in [2.24, 2.45) is 11.8 Å². The molecule has 1 saturated heterocycles. The average Bonchev–Trinajstić information content (AvgIpc) is 2.14. The van der Waals surface area contributed by atoms with Gasteiger partial charge < -0.3 is 10.6 Å². The summed E-state index contributed by atoms with van der Waals surface area (Å²) in [5.41, 5.74) is 0. The van der Waals surface area contributed by atoms with Gasteiger partial charge in [0.25, 0.3) is 0 Å². The minimum Gasteiger partial charge on any atom is -0.352 e. The van der Waals surface area contributed by atoms with Gasteiger partial charge >= 0.3 is 0 Å². The molecule has 0 aromatic heterocycles. The van der Waals surface area contributed by atoms with E-state index >= 15 is 0 Å². The highest BCUT2D eigenvalue weighted by Gasteiger charge is 2.32. The smallest absolute Gasteiger partial charge is 0.223 e. The van der Waals surface area contributed by atoms with Crippen molar-refractivity contribution in [2.75, 3.05) is 13.1 Å². The lowest BCUT2D eigenvalue weighted by atomic mass is 9.75. The molecule has 0 unspecified atom stereocenters. The molecule has 0 spiro atoms. The van der Waals surface area contributed by atoms with Gasteiger partial charge in [0, 0.05) is 18.5 Å². The molecule has 1 amide bonds. The first-order valence-electron chi connectivity index (χ1n) is 5.77. The van der Waals surface area contributed by atoms with E-state index in [9.17, 15) is 4.79 Å². The number of hydrogen-bond acceptors (Lipinski definition) is 2. The molecule has 1 saturated carbocycles. The van der Waals surface area contributed by atoms with E-state index in [0.29, 0.717) is 12.0 Å². The Morgan fingerprint density at radius 1 is 1.43 bits per heavy atom. The molecule has 3 heteroatoms. The molecule has 2 fully saturated rings. The topological polar surface area (TPSA) is 41.1 Å². The van der Waals surface area contributed by atoms with E-state index in [-0.39, 0.29) is 5.91 Å². The molecule has 2 rings (SSSR count). The van der Waals surface area contributed by atoms with Crippen molar-refractivity contribution in [3.63, 3.8) is 0 Å². The second-order valence-corrected chi connectivity index (χ2v) is 4.83. The highest BCUT2D eigenvalue weighted by atomic mass is 16.2. The van der Waals surface area contributed by atoms with Crippen LogP contribution in [0.2, 0.25) is 0 Å². The van der Waals surface area contributed by atoms with Gasteiger partial charge in [0.15, 0.2) is 0 Å². The van der Waals surface area contributed by atoms with Crippen molar-refractivity contribution >= 4 is 5.91 Å². The maximum absolute atomic E-state index is 11.7. The van der Waals surface area contributed by atoms with Crippen molar-refractivity contribution in [1.82, 2.24) is 10.6 Å². The molecule has 3 nitrogen and oxygen atoms in total. The lowest BCUT2D eigenvalue weighted by molar-refractivity contribution is -0.129. The zero-order valence-electron chi connectivity index (χ0n) is 8.88. The quantitative estimate of drug-likeness (QED) is 0.689. The van der Waals surface area contributed by atoms with Crippen molar-refractivity contribution in [3.05, 3.63) is 0 Å². The second kappa shape index (κ2) is 4.30. The predicted octanol–water partition coefficient (Wildman–Crippen LogP) is 0.901. The molecular formula is C11H20N2O. The SMILES string of the molecule is CC1CC(C(=O)N[C@@H]2CCCNC2)C1. The molecule has 0 aromatic rings. The lowest BCUT2D eigenvalue weighted by Gasteiger charge is -2.33. The first-order chi connectivity index (χ1) is 6.75. The fourth-order valence-corrected chi connectivity index (χ4v) is 2.41. The Balaban J connectivity index is 1.71. The molecule has 1 heterocycles. The van der Waals surface area contributed by atoms with E-state index < -0.39 is 0 Å². The molecular weight excluding hydrogens is 176 g/mol. The largest absolute Gasteiger partial charge is 0.352 e. The van der Waals surface area contributed by atoms with Crippen LogP contribution in [0.25, 0.3) is 0 Å². The summed E-state index contributed by atoms with van der Waals surface area (Å²) in [6.07, 6.45) is 4.50. The molecule has 0 aromatic carbocycles. The highest BCUT2D eigenvalue weighted by molar-refractivity contribution is 5.79. The van der Waals surface area contributed by atoms with Crippen molar-refractivity contribution < 1.29 is 4.79 Å². The number of piperidine rings is 1. The van der Waals surface area contributed by atoms with Gasteiger partial charge in [-0.2, -0.15) is 0 Å². The van der Waals surface area contributed by atoms with Crippen molar-refractivity contribution in [1.29, 1.82) is 0 Å².